The monoisotopic (exact) mass is 186 g/mol. The van der Waals surface area contributed by atoms with Gasteiger partial charge in [0, 0.05) is 11.6 Å². The molecule has 0 unspecified atom stereocenters. The molecule has 0 aliphatic rings. The molecule has 0 radical (unpaired) electrons. The van der Waals surface area contributed by atoms with Gasteiger partial charge in [-0.25, -0.2) is 0 Å². The first-order valence-corrected chi connectivity index (χ1v) is 4.24. The molecule has 0 atom stereocenters. The molecule has 0 aliphatic carbocycles. The summed E-state index contributed by atoms with van der Waals surface area (Å²) in [6.45, 7) is 0. The second kappa shape index (κ2) is 2.23. The van der Waals surface area contributed by atoms with Crippen molar-refractivity contribution < 1.29 is 4.92 Å². The van der Waals surface area contributed by atoms with Crippen LogP contribution in [0.2, 0.25) is 0 Å². The minimum atomic E-state index is -0.345. The van der Waals surface area contributed by atoms with Gasteiger partial charge in [-0.15, -0.1) is 0 Å². The van der Waals surface area contributed by atoms with Crippen molar-refractivity contribution in [3.05, 3.63) is 46.5 Å². The zero-order valence-corrected chi connectivity index (χ0v) is 7.18. The predicted octanol–water partition coefficient (Wildman–Crippen LogP) is 2.44. The lowest BCUT2D eigenvalue weighted by atomic mass is 10.3. The molecule has 0 fully saturated rings. The fraction of sp³-hybridized carbons (Fsp3) is 0. The van der Waals surface area contributed by atoms with E-state index in [4.69, 9.17) is 0 Å². The molecule has 0 saturated heterocycles. The minimum absolute atomic E-state index is 0.172. The molecule has 0 aromatic carbocycles. The van der Waals surface area contributed by atoms with Crippen LogP contribution in [-0.2, 0) is 0 Å². The molecule has 0 spiro atoms. The molecule has 0 aliphatic heterocycles. The average Bonchev–Trinajstić information content (AvgIpc) is 2.72. The van der Waals surface area contributed by atoms with Gasteiger partial charge < -0.3 is 4.40 Å². The van der Waals surface area contributed by atoms with Crippen LogP contribution in [0.25, 0.3) is 16.6 Å². The van der Waals surface area contributed by atoms with Gasteiger partial charge in [0.15, 0.2) is 0 Å². The third-order valence-electron chi connectivity index (χ3n) is 2.45. The van der Waals surface area contributed by atoms with Crippen molar-refractivity contribution in [1.82, 2.24) is 4.40 Å². The lowest BCUT2D eigenvalue weighted by Crippen LogP contribution is -1.87. The smallest absolute Gasteiger partial charge is 0.295 e. The summed E-state index contributed by atoms with van der Waals surface area (Å²) in [6, 6.07) is 11.0. The molecule has 3 aromatic heterocycles. The van der Waals surface area contributed by atoms with E-state index in [0.717, 1.165) is 11.0 Å². The molecular formula is C10H6N2O2. The summed E-state index contributed by atoms with van der Waals surface area (Å²) in [7, 11) is 0. The highest BCUT2D eigenvalue weighted by Gasteiger charge is 2.16. The minimum Gasteiger partial charge on any atom is -0.304 e. The lowest BCUT2D eigenvalue weighted by Gasteiger charge is -1.93. The Morgan fingerprint density at radius 2 is 1.93 bits per heavy atom. The second-order valence-electron chi connectivity index (χ2n) is 3.22. The highest BCUT2D eigenvalue weighted by Crippen LogP contribution is 2.28. The van der Waals surface area contributed by atoms with Crippen LogP contribution >= 0.6 is 0 Å². The average molecular weight is 186 g/mol. The number of pyridine rings is 1. The molecule has 0 bridgehead atoms. The highest BCUT2D eigenvalue weighted by molar-refractivity contribution is 5.82. The molecule has 0 saturated carbocycles. The number of hydrogen-bond donors (Lipinski definition) is 0. The normalized spacial score (nSPS) is 11.4. The maximum atomic E-state index is 10.7. The molecule has 14 heavy (non-hydrogen) atoms. The van der Waals surface area contributed by atoms with E-state index in [9.17, 15) is 10.1 Å². The van der Waals surface area contributed by atoms with Crippen molar-refractivity contribution in [2.24, 2.45) is 0 Å². The van der Waals surface area contributed by atoms with Crippen molar-refractivity contribution in [3.63, 3.8) is 0 Å². The third-order valence-corrected chi connectivity index (χ3v) is 2.45. The molecular weight excluding hydrogens is 180 g/mol. The van der Waals surface area contributed by atoms with E-state index >= 15 is 0 Å². The van der Waals surface area contributed by atoms with E-state index in [1.54, 1.807) is 12.1 Å². The first-order valence-electron chi connectivity index (χ1n) is 4.24. The van der Waals surface area contributed by atoms with Gasteiger partial charge in [0.2, 0.25) is 0 Å². The van der Waals surface area contributed by atoms with E-state index in [-0.39, 0.29) is 10.6 Å². The summed E-state index contributed by atoms with van der Waals surface area (Å²) in [6.07, 6.45) is 0. The van der Waals surface area contributed by atoms with Crippen LogP contribution in [0.5, 0.6) is 0 Å². The maximum absolute atomic E-state index is 10.7. The number of nitro groups is 1. The summed E-state index contributed by atoms with van der Waals surface area (Å²) < 4.78 is 1.89. The van der Waals surface area contributed by atoms with Crippen molar-refractivity contribution in [1.29, 1.82) is 0 Å². The van der Waals surface area contributed by atoms with Crippen molar-refractivity contribution in [3.8, 4) is 0 Å². The predicted molar refractivity (Wildman–Crippen MR) is 52.7 cm³/mol. The van der Waals surface area contributed by atoms with E-state index in [0.29, 0.717) is 5.52 Å². The van der Waals surface area contributed by atoms with Crippen LogP contribution in [-0.4, -0.2) is 9.32 Å². The Morgan fingerprint density at radius 1 is 1.14 bits per heavy atom. The molecule has 4 heteroatoms. The molecule has 3 rings (SSSR count). The number of rotatable bonds is 1. The summed E-state index contributed by atoms with van der Waals surface area (Å²) in [4.78, 5) is 10.4. The third kappa shape index (κ3) is 0.724. The van der Waals surface area contributed by atoms with Crippen LogP contribution in [0.3, 0.4) is 0 Å². The topological polar surface area (TPSA) is 47.5 Å². The van der Waals surface area contributed by atoms with Gasteiger partial charge in [0.05, 0.1) is 10.4 Å². The number of hydrogen-bond acceptors (Lipinski definition) is 2. The fourth-order valence-corrected chi connectivity index (χ4v) is 1.86. The molecule has 0 amide bonds. The fourth-order valence-electron chi connectivity index (χ4n) is 1.86. The van der Waals surface area contributed by atoms with Gasteiger partial charge >= 0.3 is 0 Å². The van der Waals surface area contributed by atoms with Crippen LogP contribution in [0.4, 0.5) is 5.69 Å². The SMILES string of the molecule is O=[N+]([O-])c1cc2ccc3cccc1n32. The first kappa shape index (κ1) is 7.32. The van der Waals surface area contributed by atoms with Crippen LogP contribution in [0.15, 0.2) is 36.4 Å². The van der Waals surface area contributed by atoms with E-state index < -0.39 is 0 Å². The van der Waals surface area contributed by atoms with E-state index in [1.165, 1.54) is 0 Å². The Morgan fingerprint density at radius 3 is 2.71 bits per heavy atom. The Hall–Kier alpha value is -2.10. The standard InChI is InChI=1S/C10H6N2O2/c13-12(14)10-6-8-5-4-7-2-1-3-9(10)11(7)8/h1-6H. The molecule has 4 nitrogen and oxygen atoms in total. The zero-order valence-electron chi connectivity index (χ0n) is 7.18. The summed E-state index contributed by atoms with van der Waals surface area (Å²) in [5.74, 6) is 0. The largest absolute Gasteiger partial charge is 0.304 e. The summed E-state index contributed by atoms with van der Waals surface area (Å²) in [5, 5.41) is 10.7. The van der Waals surface area contributed by atoms with Crippen molar-refractivity contribution >= 4 is 22.2 Å². The Balaban J connectivity index is 2.59. The highest BCUT2D eigenvalue weighted by atomic mass is 16.6. The lowest BCUT2D eigenvalue weighted by molar-refractivity contribution is -0.383. The summed E-state index contributed by atoms with van der Waals surface area (Å²) >= 11 is 0. The summed E-state index contributed by atoms with van der Waals surface area (Å²) in [5.41, 5.74) is 2.70. The van der Waals surface area contributed by atoms with Gasteiger partial charge in [0.25, 0.3) is 5.69 Å². The van der Waals surface area contributed by atoms with E-state index in [1.807, 2.05) is 28.7 Å². The van der Waals surface area contributed by atoms with Crippen LogP contribution < -0.4 is 0 Å². The van der Waals surface area contributed by atoms with Gasteiger partial charge in [-0.2, -0.15) is 0 Å². The molecule has 3 heterocycles. The van der Waals surface area contributed by atoms with Gasteiger partial charge in [-0.3, -0.25) is 10.1 Å². The van der Waals surface area contributed by atoms with Crippen LogP contribution in [0, 0.1) is 10.1 Å². The number of aromatic nitrogens is 1. The quantitative estimate of drug-likeness (QED) is 0.433. The van der Waals surface area contributed by atoms with E-state index in [2.05, 4.69) is 0 Å². The van der Waals surface area contributed by atoms with Gasteiger partial charge in [-0.1, -0.05) is 6.07 Å². The second-order valence-corrected chi connectivity index (χ2v) is 3.22. The Kier molecular flexibility index (Phi) is 1.16. The Labute approximate surface area is 78.9 Å². The number of nitrogens with zero attached hydrogens (tertiary/aromatic N) is 2. The maximum Gasteiger partial charge on any atom is 0.295 e. The molecule has 68 valence electrons. The van der Waals surface area contributed by atoms with Gasteiger partial charge in [-0.05, 0) is 24.3 Å². The molecule has 0 N–H and O–H groups in total. The van der Waals surface area contributed by atoms with Crippen molar-refractivity contribution in [2.45, 2.75) is 0 Å². The first-order chi connectivity index (χ1) is 6.77. The molecule has 3 aromatic rings. The van der Waals surface area contributed by atoms with Crippen molar-refractivity contribution in [2.75, 3.05) is 0 Å². The van der Waals surface area contributed by atoms with Gasteiger partial charge in [0.1, 0.15) is 5.52 Å². The zero-order chi connectivity index (χ0) is 9.71. The van der Waals surface area contributed by atoms with Crippen LogP contribution in [0.1, 0.15) is 0 Å². The Bertz CT molecular complexity index is 621.